The molecule has 1 amide bonds. The molecular weight excluding hydrogens is 521 g/mol. The zero-order valence-electron chi connectivity index (χ0n) is 22.1. The molecule has 10 heteroatoms. The molecule has 4 aromatic rings. The third-order valence-corrected chi connectivity index (χ3v) is 8.19. The van der Waals surface area contributed by atoms with Crippen LogP contribution in [0.4, 0.5) is 4.39 Å². The van der Waals surface area contributed by atoms with Crippen molar-refractivity contribution in [3.05, 3.63) is 83.8 Å². The number of nitrogens with one attached hydrogen (secondary N) is 2. The highest BCUT2D eigenvalue weighted by atomic mass is 32.2. The molecule has 1 atom stereocenters. The number of amides is 1. The fourth-order valence-electron chi connectivity index (χ4n) is 4.28. The molecule has 0 radical (unpaired) electrons. The summed E-state index contributed by atoms with van der Waals surface area (Å²) in [5, 5.41) is 13.6. The Labute approximate surface area is 227 Å². The molecule has 0 aliphatic rings. The molecule has 1 unspecified atom stereocenters. The van der Waals surface area contributed by atoms with E-state index in [0.717, 1.165) is 21.8 Å². The van der Waals surface area contributed by atoms with E-state index in [-0.39, 0.29) is 29.3 Å². The number of aromatic nitrogens is 1. The fourth-order valence-corrected chi connectivity index (χ4v) is 5.23. The number of benzene rings is 3. The van der Waals surface area contributed by atoms with Crippen LogP contribution >= 0.6 is 0 Å². The second-order valence-corrected chi connectivity index (χ2v) is 11.6. The normalized spacial score (nSPS) is 12.6. The lowest BCUT2D eigenvalue weighted by Gasteiger charge is -2.19. The number of rotatable bonds is 11. The van der Waals surface area contributed by atoms with Crippen LogP contribution in [0.25, 0.3) is 22.0 Å². The first-order valence-electron chi connectivity index (χ1n) is 12.6. The molecule has 3 N–H and O–H groups in total. The number of halogens is 1. The van der Waals surface area contributed by atoms with Crippen molar-refractivity contribution in [2.24, 2.45) is 0 Å². The average molecular weight is 554 g/mol. The van der Waals surface area contributed by atoms with Gasteiger partial charge in [-0.1, -0.05) is 25.1 Å². The maximum absolute atomic E-state index is 13.8. The second-order valence-electron chi connectivity index (χ2n) is 9.44. The predicted octanol–water partition coefficient (Wildman–Crippen LogP) is 4.35. The minimum atomic E-state index is -3.64. The maximum Gasteiger partial charge on any atom is 0.255 e. The number of fused-ring (bicyclic) bond motifs is 1. The Morgan fingerprint density at radius 2 is 1.87 bits per heavy atom. The first-order valence-corrected chi connectivity index (χ1v) is 14.0. The van der Waals surface area contributed by atoms with Crippen molar-refractivity contribution in [3.63, 3.8) is 0 Å². The number of ether oxygens (including phenoxy) is 1. The van der Waals surface area contributed by atoms with Crippen molar-refractivity contribution < 1.29 is 27.4 Å². The van der Waals surface area contributed by atoms with E-state index in [1.54, 1.807) is 48.7 Å². The first kappa shape index (κ1) is 28.3. The predicted molar refractivity (Wildman–Crippen MR) is 149 cm³/mol. The number of aliphatic hydroxyl groups is 1. The molecule has 3 aromatic carbocycles. The van der Waals surface area contributed by atoms with Crippen LogP contribution in [0.5, 0.6) is 5.75 Å². The summed E-state index contributed by atoms with van der Waals surface area (Å²) in [4.78, 5) is 16.7. The summed E-state index contributed by atoms with van der Waals surface area (Å²) in [6.07, 6.45) is 2.76. The van der Waals surface area contributed by atoms with E-state index in [1.807, 2.05) is 6.92 Å². The molecule has 1 heterocycles. The van der Waals surface area contributed by atoms with Gasteiger partial charge in [-0.25, -0.2) is 17.1 Å². The number of hydrogen-bond donors (Lipinski definition) is 3. The standard InChI is InChI=1S/C29H32FN3O5S/c1-4-12-38-28-11-8-20(19-6-5-7-24(14-19)39(36,37)33(2)3)15-26(28)29(35)32-23(18-34)13-21-17-31-27-10-9-22(30)16-25(21)27/h5-11,14-17,23,31,34H,4,12-13,18H2,1-3H3,(H,32,35). The molecule has 0 saturated heterocycles. The summed E-state index contributed by atoms with van der Waals surface area (Å²) in [5.74, 6) is -0.448. The van der Waals surface area contributed by atoms with Crippen molar-refractivity contribution in [2.45, 2.75) is 30.7 Å². The zero-order valence-corrected chi connectivity index (χ0v) is 22.9. The molecule has 0 bridgehead atoms. The van der Waals surface area contributed by atoms with Crippen molar-refractivity contribution in [3.8, 4) is 16.9 Å². The molecule has 1 aromatic heterocycles. The van der Waals surface area contributed by atoms with Gasteiger partial charge in [0, 0.05) is 31.2 Å². The summed E-state index contributed by atoms with van der Waals surface area (Å²) in [6, 6.07) is 15.4. The van der Waals surface area contributed by atoms with Crippen LogP contribution in [0.3, 0.4) is 0 Å². The topological polar surface area (TPSA) is 112 Å². The minimum absolute atomic E-state index is 0.137. The highest BCUT2D eigenvalue weighted by Crippen LogP contribution is 2.29. The maximum atomic E-state index is 13.8. The Morgan fingerprint density at radius 1 is 1.10 bits per heavy atom. The SMILES string of the molecule is CCCOc1ccc(-c2cccc(S(=O)(=O)N(C)C)c2)cc1C(=O)NC(CO)Cc1c[nH]c2ccc(F)cc12. The summed E-state index contributed by atoms with van der Waals surface area (Å²) in [7, 11) is -0.707. The van der Waals surface area contributed by atoms with Crippen molar-refractivity contribution in [1.82, 2.24) is 14.6 Å². The minimum Gasteiger partial charge on any atom is -0.493 e. The van der Waals surface area contributed by atoms with Crippen LogP contribution in [0.15, 0.2) is 71.8 Å². The van der Waals surface area contributed by atoms with Gasteiger partial charge in [0.05, 0.1) is 29.7 Å². The molecular formula is C29H32FN3O5S. The van der Waals surface area contributed by atoms with Gasteiger partial charge in [0.1, 0.15) is 11.6 Å². The van der Waals surface area contributed by atoms with E-state index >= 15 is 0 Å². The number of sulfonamides is 1. The largest absolute Gasteiger partial charge is 0.493 e. The molecule has 39 heavy (non-hydrogen) atoms. The summed E-state index contributed by atoms with van der Waals surface area (Å²) in [5.41, 5.74) is 3.03. The number of hydrogen-bond acceptors (Lipinski definition) is 5. The van der Waals surface area contributed by atoms with Gasteiger partial charge in [-0.3, -0.25) is 4.79 Å². The number of aliphatic hydroxyl groups excluding tert-OH is 1. The Hall–Kier alpha value is -3.73. The quantitative estimate of drug-likeness (QED) is 0.256. The highest BCUT2D eigenvalue weighted by molar-refractivity contribution is 7.89. The molecule has 206 valence electrons. The Morgan fingerprint density at radius 3 is 2.59 bits per heavy atom. The lowest BCUT2D eigenvalue weighted by Crippen LogP contribution is -2.39. The van der Waals surface area contributed by atoms with Crippen molar-refractivity contribution >= 4 is 26.8 Å². The summed E-state index contributed by atoms with van der Waals surface area (Å²) < 4.78 is 46.1. The Bertz CT molecular complexity index is 1580. The summed E-state index contributed by atoms with van der Waals surface area (Å²) in [6.45, 7) is 2.03. The Kier molecular flexibility index (Phi) is 8.69. The number of nitrogens with zero attached hydrogens (tertiary/aromatic N) is 1. The summed E-state index contributed by atoms with van der Waals surface area (Å²) >= 11 is 0. The second kappa shape index (κ2) is 12.0. The van der Waals surface area contributed by atoms with Gasteiger partial charge in [0.2, 0.25) is 10.0 Å². The van der Waals surface area contributed by atoms with E-state index in [9.17, 15) is 22.7 Å². The van der Waals surface area contributed by atoms with E-state index in [1.165, 1.54) is 32.3 Å². The Balaban J connectivity index is 1.64. The van der Waals surface area contributed by atoms with E-state index in [2.05, 4.69) is 10.3 Å². The van der Waals surface area contributed by atoms with Crippen LogP contribution in [0, 0.1) is 5.82 Å². The first-order chi connectivity index (χ1) is 18.6. The van der Waals surface area contributed by atoms with Gasteiger partial charge in [-0.05, 0) is 72.0 Å². The van der Waals surface area contributed by atoms with Crippen LogP contribution in [0.2, 0.25) is 0 Å². The smallest absolute Gasteiger partial charge is 0.255 e. The van der Waals surface area contributed by atoms with Gasteiger partial charge >= 0.3 is 0 Å². The monoisotopic (exact) mass is 553 g/mol. The number of carbonyl (C=O) groups excluding carboxylic acids is 1. The molecule has 4 rings (SSSR count). The van der Waals surface area contributed by atoms with Crippen LogP contribution in [-0.4, -0.2) is 62.1 Å². The van der Waals surface area contributed by atoms with Gasteiger partial charge in [0.25, 0.3) is 5.91 Å². The van der Waals surface area contributed by atoms with E-state index in [4.69, 9.17) is 4.74 Å². The van der Waals surface area contributed by atoms with E-state index in [0.29, 0.717) is 28.9 Å². The molecule has 0 saturated carbocycles. The van der Waals surface area contributed by atoms with Crippen molar-refractivity contribution in [2.75, 3.05) is 27.3 Å². The van der Waals surface area contributed by atoms with Crippen molar-refractivity contribution in [1.29, 1.82) is 0 Å². The van der Waals surface area contributed by atoms with E-state index < -0.39 is 22.0 Å². The van der Waals surface area contributed by atoms with Gasteiger partial charge < -0.3 is 20.1 Å². The average Bonchev–Trinajstić information content (AvgIpc) is 3.32. The van der Waals surface area contributed by atoms with Crippen LogP contribution in [-0.2, 0) is 16.4 Å². The number of carbonyl (C=O) groups is 1. The lowest BCUT2D eigenvalue weighted by molar-refractivity contribution is 0.0912. The fraction of sp³-hybridized carbons (Fsp3) is 0.276. The third kappa shape index (κ3) is 6.30. The zero-order chi connectivity index (χ0) is 28.2. The molecule has 0 spiro atoms. The molecule has 0 aliphatic carbocycles. The third-order valence-electron chi connectivity index (χ3n) is 6.38. The molecule has 0 aliphatic heterocycles. The van der Waals surface area contributed by atoms with Crippen LogP contribution < -0.4 is 10.1 Å². The van der Waals surface area contributed by atoms with Crippen LogP contribution in [0.1, 0.15) is 29.3 Å². The lowest BCUT2D eigenvalue weighted by atomic mass is 10.0. The van der Waals surface area contributed by atoms with Gasteiger partial charge in [-0.2, -0.15) is 0 Å². The molecule has 8 nitrogen and oxygen atoms in total. The number of aromatic amines is 1. The highest BCUT2D eigenvalue weighted by Gasteiger charge is 2.21. The van der Waals surface area contributed by atoms with Gasteiger partial charge in [0.15, 0.2) is 0 Å². The van der Waals surface area contributed by atoms with Gasteiger partial charge in [-0.15, -0.1) is 0 Å². The number of H-pyrrole nitrogens is 1. The molecule has 0 fully saturated rings.